The van der Waals surface area contributed by atoms with Crippen molar-refractivity contribution in [2.24, 2.45) is 5.92 Å². The number of hydrogen-bond donors (Lipinski definition) is 0. The Morgan fingerprint density at radius 1 is 0.927 bits per heavy atom. The molecule has 3 aromatic carbocycles. The van der Waals surface area contributed by atoms with Crippen LogP contribution in [0.15, 0.2) is 97.2 Å². The number of nitrogens with zero attached hydrogens (tertiary/aromatic N) is 5. The third kappa shape index (κ3) is 8.26. The minimum absolute atomic E-state index is 0. The molecule has 0 aliphatic rings. The molecule has 8 aromatic rings. The number of rotatable bonds is 6. The average molecular weight is 943 g/mol. The topological polar surface area (TPSA) is 56.5 Å². The van der Waals surface area contributed by atoms with Crippen molar-refractivity contribution in [2.45, 2.75) is 73.4 Å². The van der Waals surface area contributed by atoms with Gasteiger partial charge in [-0.25, -0.2) is 4.98 Å². The van der Waals surface area contributed by atoms with Crippen LogP contribution in [0.5, 0.6) is 0 Å². The van der Waals surface area contributed by atoms with Crippen molar-refractivity contribution in [2.75, 3.05) is 0 Å². The van der Waals surface area contributed by atoms with Crippen molar-refractivity contribution >= 4 is 61.3 Å². The summed E-state index contributed by atoms with van der Waals surface area (Å²) in [7, 11) is -1.98. The van der Waals surface area contributed by atoms with Crippen LogP contribution in [0.4, 0.5) is 4.39 Å². The fraction of sp³-hybridized carbons (Fsp3) is 0.261. The molecule has 0 aliphatic heterocycles. The quantitative estimate of drug-likeness (QED) is 0.123. The number of benzene rings is 3. The zero-order chi connectivity index (χ0) is 40.9. The monoisotopic (exact) mass is 943 g/mol. The van der Waals surface area contributed by atoms with Gasteiger partial charge < -0.3 is 14.5 Å². The summed E-state index contributed by atoms with van der Waals surface area (Å²) in [5.41, 5.74) is 5.75. The first-order valence-electron chi connectivity index (χ1n) is 19.8. The van der Waals surface area contributed by atoms with Crippen molar-refractivity contribution in [1.29, 1.82) is 0 Å². The van der Waals surface area contributed by atoms with Crippen LogP contribution in [0.25, 0.3) is 54.1 Å². The Hall–Kier alpha value is -4.40. The first kappa shape index (κ1) is 36.2. The molecule has 0 saturated heterocycles. The predicted octanol–water partition coefficient (Wildman–Crippen LogP) is 10.7. The number of hydrogen-bond acceptors (Lipinski definition) is 5. The van der Waals surface area contributed by atoms with Crippen molar-refractivity contribution in [1.82, 2.24) is 24.5 Å². The number of thiophene rings is 1. The van der Waals surface area contributed by atoms with E-state index in [1.165, 1.54) is 22.0 Å². The van der Waals surface area contributed by atoms with E-state index in [0.717, 1.165) is 61.0 Å². The summed E-state index contributed by atoms with van der Waals surface area (Å²) in [5.74, 6) is 0.725. The maximum absolute atomic E-state index is 14.7. The molecule has 5 nitrogen and oxygen atoms in total. The van der Waals surface area contributed by atoms with Gasteiger partial charge >= 0.3 is 0 Å². The third-order valence-corrected chi connectivity index (χ3v) is 14.3. The van der Waals surface area contributed by atoms with Crippen LogP contribution in [0.3, 0.4) is 0 Å². The molecule has 5 aromatic heterocycles. The summed E-state index contributed by atoms with van der Waals surface area (Å²) < 4.78 is 39.4. The molecular formula is C46H46FIrN5SSi-2. The van der Waals surface area contributed by atoms with E-state index in [-0.39, 0.29) is 36.8 Å². The molecule has 0 amide bonds. The number of halogens is 1. The van der Waals surface area contributed by atoms with Gasteiger partial charge in [0.25, 0.3) is 0 Å². The smallest absolute Gasteiger partial charge is 0.115 e. The zero-order valence-corrected chi connectivity index (χ0v) is 36.6. The normalized spacial score (nSPS) is 12.9. The molecule has 55 heavy (non-hydrogen) atoms. The molecule has 0 bridgehead atoms. The fourth-order valence-electron chi connectivity index (χ4n) is 7.07. The number of fused-ring (bicyclic) bond motifs is 4. The number of pyridine rings is 3. The predicted molar refractivity (Wildman–Crippen MR) is 227 cm³/mol. The Labute approximate surface area is 346 Å². The van der Waals surface area contributed by atoms with Gasteiger partial charge in [0.05, 0.1) is 16.9 Å². The molecule has 0 unspecified atom stereocenters. The second-order valence-electron chi connectivity index (χ2n) is 15.8. The Morgan fingerprint density at radius 3 is 2.38 bits per heavy atom. The van der Waals surface area contributed by atoms with E-state index >= 15 is 0 Å². The Kier molecular flexibility index (Phi) is 10.5. The van der Waals surface area contributed by atoms with Crippen LogP contribution >= 0.6 is 11.3 Å². The van der Waals surface area contributed by atoms with Gasteiger partial charge in [-0.1, -0.05) is 116 Å². The van der Waals surface area contributed by atoms with Gasteiger partial charge in [0, 0.05) is 57.7 Å². The molecule has 0 aliphatic carbocycles. The molecular weight excluding hydrogens is 894 g/mol. The SMILES string of the molecule is Cc1ccc2c(n1)sc1n[c-]c(-c3nc4ccccc4n3C(C)(C)C)cc12.[2H]C([2H])([2H])c1c[c-]c(-c2cc(CC(C)C)c([Si](C)(C)c3ccccc3)cn2)c(F)c1.[Ir]. The van der Waals surface area contributed by atoms with Gasteiger partial charge in [0.2, 0.25) is 0 Å². The zero-order valence-electron chi connectivity index (χ0n) is 35.4. The number of aromatic nitrogens is 5. The molecule has 283 valence electrons. The van der Waals surface area contributed by atoms with Crippen LogP contribution in [-0.2, 0) is 32.1 Å². The van der Waals surface area contributed by atoms with Gasteiger partial charge in [-0.3, -0.25) is 9.37 Å². The molecule has 0 saturated carbocycles. The van der Waals surface area contributed by atoms with E-state index in [9.17, 15) is 4.39 Å². The molecule has 0 N–H and O–H groups in total. The summed E-state index contributed by atoms with van der Waals surface area (Å²) in [6.07, 6.45) is 5.98. The maximum atomic E-state index is 14.7. The van der Waals surface area contributed by atoms with Crippen molar-refractivity contribution < 1.29 is 28.6 Å². The van der Waals surface area contributed by atoms with Gasteiger partial charge in [-0.2, -0.15) is 0 Å². The maximum Gasteiger partial charge on any atom is 0.115 e. The van der Waals surface area contributed by atoms with E-state index in [4.69, 9.17) is 9.10 Å². The minimum Gasteiger partial charge on any atom is -0.359 e. The Balaban J connectivity index is 0.000000193. The van der Waals surface area contributed by atoms with Gasteiger partial charge in [-0.05, 0) is 75.3 Å². The minimum atomic E-state index is -2.36. The summed E-state index contributed by atoms with van der Waals surface area (Å²) in [5, 5.41) is 4.82. The molecule has 9 heteroatoms. The Morgan fingerprint density at radius 2 is 1.67 bits per heavy atom. The summed E-state index contributed by atoms with van der Waals surface area (Å²) in [6.45, 7) is 15.2. The first-order valence-corrected chi connectivity index (χ1v) is 22.1. The van der Waals surface area contributed by atoms with E-state index < -0.39 is 20.7 Å². The summed E-state index contributed by atoms with van der Waals surface area (Å²) in [6, 6.07) is 32.2. The summed E-state index contributed by atoms with van der Waals surface area (Å²) in [4.78, 5) is 20.8. The average Bonchev–Trinajstić information content (AvgIpc) is 3.73. The number of para-hydroxylation sites is 2. The van der Waals surface area contributed by atoms with Crippen LogP contribution in [0, 0.1) is 37.8 Å². The van der Waals surface area contributed by atoms with E-state index in [1.54, 1.807) is 11.3 Å². The second-order valence-corrected chi connectivity index (χ2v) is 21.1. The van der Waals surface area contributed by atoms with Crippen molar-refractivity contribution in [3.8, 4) is 22.6 Å². The van der Waals surface area contributed by atoms with E-state index in [2.05, 4.69) is 140 Å². The molecule has 1 radical (unpaired) electrons. The van der Waals surface area contributed by atoms with Crippen molar-refractivity contribution in [3.63, 3.8) is 0 Å². The van der Waals surface area contributed by atoms with Crippen LogP contribution in [0.1, 0.15) is 55.6 Å². The number of aryl methyl sites for hydroxylation is 2. The molecule has 8 rings (SSSR count). The van der Waals surface area contributed by atoms with Crippen LogP contribution in [-0.4, -0.2) is 32.6 Å². The van der Waals surface area contributed by atoms with Gasteiger partial charge in [0.1, 0.15) is 12.9 Å². The molecule has 0 spiro atoms. The van der Waals surface area contributed by atoms with Crippen molar-refractivity contribution in [3.05, 3.63) is 132 Å². The Bertz CT molecular complexity index is 2740. The fourth-order valence-corrected chi connectivity index (χ4v) is 10.8. The standard InChI is InChI=1S/C24H27FNSi.C22H19N4S.Ir/c1-17(2)13-19-15-23(21-12-11-18(3)14-22(21)25)26-16-24(19)27(4,5)20-9-7-6-8-10-20;1-13-9-10-15-16-11-14(12-23-20(16)27-21(15)24-13)19-25-17-7-5-6-8-18(17)26(19)22(2,3)4;/h6-11,14-17H,13H2,1-5H3;5-11H,1-4H3;/q2*-1;/i3D3;;. The molecule has 5 heterocycles. The number of imidazole rings is 1. The van der Waals surface area contributed by atoms with E-state index in [1.807, 2.05) is 31.3 Å². The van der Waals surface area contributed by atoms with Crippen LogP contribution < -0.4 is 10.4 Å². The molecule has 0 fully saturated rings. The second kappa shape index (κ2) is 16.0. The van der Waals surface area contributed by atoms with Gasteiger partial charge in [-0.15, -0.1) is 41.2 Å². The van der Waals surface area contributed by atoms with Gasteiger partial charge in [0.15, 0.2) is 0 Å². The first-order chi connectivity index (χ1) is 26.9. The van der Waals surface area contributed by atoms with Crippen LogP contribution in [0.2, 0.25) is 13.1 Å². The third-order valence-electron chi connectivity index (χ3n) is 9.69. The molecule has 0 atom stereocenters. The summed E-state index contributed by atoms with van der Waals surface area (Å²) >= 11 is 1.61. The largest absolute Gasteiger partial charge is 0.359 e. The van der Waals surface area contributed by atoms with E-state index in [0.29, 0.717) is 11.6 Å².